The van der Waals surface area contributed by atoms with Crippen LogP contribution >= 0.6 is 0 Å². The maximum atomic E-state index is 12.5. The fraction of sp³-hybridized carbons (Fsp3) is 0.364. The van der Waals surface area contributed by atoms with E-state index in [0.29, 0.717) is 19.6 Å². The maximum Gasteiger partial charge on any atom is 0.287 e. The van der Waals surface area contributed by atoms with Crippen LogP contribution in [-0.4, -0.2) is 48.0 Å². The SMILES string of the molecule is Cc1nn(-c2ccccc2)cc1CCCNC(=O)c1ccc(S(=O)(=O)N2CCCC2)o1. The van der Waals surface area contributed by atoms with E-state index < -0.39 is 15.9 Å². The minimum Gasteiger partial charge on any atom is -0.438 e. The van der Waals surface area contributed by atoms with Crippen LogP contribution in [0.4, 0.5) is 0 Å². The van der Waals surface area contributed by atoms with Gasteiger partial charge in [-0.1, -0.05) is 18.2 Å². The Morgan fingerprint density at radius 1 is 1.13 bits per heavy atom. The van der Waals surface area contributed by atoms with Crippen LogP contribution in [0.1, 0.15) is 41.1 Å². The second-order valence-corrected chi connectivity index (χ2v) is 9.48. The van der Waals surface area contributed by atoms with Crippen LogP contribution in [0.25, 0.3) is 5.69 Å². The Morgan fingerprint density at radius 3 is 2.61 bits per heavy atom. The van der Waals surface area contributed by atoms with Crippen molar-refractivity contribution in [3.05, 3.63) is 65.7 Å². The molecule has 0 atom stereocenters. The summed E-state index contributed by atoms with van der Waals surface area (Å²) in [5, 5.41) is 7.17. The summed E-state index contributed by atoms with van der Waals surface area (Å²) in [5.41, 5.74) is 3.08. The van der Waals surface area contributed by atoms with Crippen molar-refractivity contribution in [1.82, 2.24) is 19.4 Å². The summed E-state index contributed by atoms with van der Waals surface area (Å²) in [6, 6.07) is 12.7. The maximum absolute atomic E-state index is 12.5. The Balaban J connectivity index is 1.29. The Hall–Kier alpha value is -2.91. The third kappa shape index (κ3) is 4.72. The minimum atomic E-state index is -3.66. The monoisotopic (exact) mass is 442 g/mol. The summed E-state index contributed by atoms with van der Waals surface area (Å²) in [4.78, 5) is 12.3. The van der Waals surface area contributed by atoms with E-state index in [0.717, 1.165) is 42.6 Å². The third-order valence-electron chi connectivity index (χ3n) is 5.39. The lowest BCUT2D eigenvalue weighted by atomic mass is 10.1. The van der Waals surface area contributed by atoms with Crippen molar-refractivity contribution in [2.24, 2.45) is 0 Å². The summed E-state index contributed by atoms with van der Waals surface area (Å²) in [5.74, 6) is -0.412. The van der Waals surface area contributed by atoms with E-state index in [-0.39, 0.29) is 10.9 Å². The van der Waals surface area contributed by atoms with Gasteiger partial charge in [-0.25, -0.2) is 13.1 Å². The van der Waals surface area contributed by atoms with Crippen molar-refractivity contribution >= 4 is 15.9 Å². The van der Waals surface area contributed by atoms with Crippen molar-refractivity contribution in [1.29, 1.82) is 0 Å². The molecule has 164 valence electrons. The second kappa shape index (κ2) is 9.07. The lowest BCUT2D eigenvalue weighted by molar-refractivity contribution is 0.0920. The number of hydrogen-bond donors (Lipinski definition) is 1. The number of aromatic nitrogens is 2. The first kappa shape index (κ1) is 21.3. The molecule has 0 spiro atoms. The molecule has 0 unspecified atom stereocenters. The zero-order chi connectivity index (χ0) is 21.8. The van der Waals surface area contributed by atoms with Gasteiger partial charge in [-0.15, -0.1) is 0 Å². The molecule has 0 saturated carbocycles. The van der Waals surface area contributed by atoms with Crippen molar-refractivity contribution in [2.45, 2.75) is 37.7 Å². The Labute approximate surface area is 181 Å². The van der Waals surface area contributed by atoms with Gasteiger partial charge in [0.25, 0.3) is 15.9 Å². The average molecular weight is 443 g/mol. The van der Waals surface area contributed by atoms with Gasteiger partial charge in [0.05, 0.1) is 11.4 Å². The van der Waals surface area contributed by atoms with Crippen LogP contribution in [0.5, 0.6) is 0 Å². The smallest absolute Gasteiger partial charge is 0.287 e. The second-order valence-electron chi connectivity index (χ2n) is 7.61. The van der Waals surface area contributed by atoms with E-state index in [4.69, 9.17) is 4.42 Å². The van der Waals surface area contributed by atoms with Crippen LogP contribution in [0.3, 0.4) is 0 Å². The molecule has 0 radical (unpaired) electrons. The van der Waals surface area contributed by atoms with Crippen molar-refractivity contribution in [3.63, 3.8) is 0 Å². The minimum absolute atomic E-state index is 0.00542. The first-order valence-electron chi connectivity index (χ1n) is 10.4. The van der Waals surface area contributed by atoms with Crippen molar-refractivity contribution < 1.29 is 17.6 Å². The number of carbonyl (C=O) groups excluding carboxylic acids is 1. The molecule has 3 aromatic rings. The van der Waals surface area contributed by atoms with Gasteiger partial charge in [-0.3, -0.25) is 4.79 Å². The van der Waals surface area contributed by atoms with E-state index in [1.165, 1.54) is 16.4 Å². The number of carbonyl (C=O) groups is 1. The number of nitrogens with one attached hydrogen (secondary N) is 1. The number of para-hydroxylation sites is 1. The molecule has 1 aliphatic rings. The largest absolute Gasteiger partial charge is 0.438 e. The van der Waals surface area contributed by atoms with Gasteiger partial charge in [0.2, 0.25) is 5.09 Å². The molecule has 1 aliphatic heterocycles. The molecule has 9 heteroatoms. The highest BCUT2D eigenvalue weighted by molar-refractivity contribution is 7.89. The molecule has 1 aromatic carbocycles. The van der Waals surface area contributed by atoms with Crippen LogP contribution in [0.15, 0.2) is 58.2 Å². The number of hydrogen-bond acceptors (Lipinski definition) is 5. The van der Waals surface area contributed by atoms with Gasteiger partial charge in [-0.2, -0.15) is 9.40 Å². The average Bonchev–Trinajstić information content (AvgIpc) is 3.53. The summed E-state index contributed by atoms with van der Waals surface area (Å²) in [6.07, 6.45) is 5.20. The normalized spacial score (nSPS) is 14.7. The Bertz CT molecular complexity index is 1150. The van der Waals surface area contributed by atoms with Crippen LogP contribution < -0.4 is 5.32 Å². The molecule has 31 heavy (non-hydrogen) atoms. The highest BCUT2D eigenvalue weighted by atomic mass is 32.2. The predicted molar refractivity (Wildman–Crippen MR) is 116 cm³/mol. The lowest BCUT2D eigenvalue weighted by Gasteiger charge is -2.12. The molecular weight excluding hydrogens is 416 g/mol. The Morgan fingerprint density at radius 2 is 1.87 bits per heavy atom. The lowest BCUT2D eigenvalue weighted by Crippen LogP contribution is -2.27. The van der Waals surface area contributed by atoms with Gasteiger partial charge < -0.3 is 9.73 Å². The molecule has 2 aromatic heterocycles. The van der Waals surface area contributed by atoms with E-state index in [1.807, 2.05) is 48.1 Å². The van der Waals surface area contributed by atoms with Crippen molar-refractivity contribution in [2.75, 3.05) is 19.6 Å². The van der Waals surface area contributed by atoms with E-state index in [9.17, 15) is 13.2 Å². The predicted octanol–water partition coefficient (Wildman–Crippen LogP) is 2.92. The van der Waals surface area contributed by atoms with Crippen LogP contribution in [-0.2, 0) is 16.4 Å². The van der Waals surface area contributed by atoms with Gasteiger partial charge in [0, 0.05) is 25.8 Å². The van der Waals surface area contributed by atoms with Crippen LogP contribution in [0.2, 0.25) is 0 Å². The summed E-state index contributed by atoms with van der Waals surface area (Å²) >= 11 is 0. The van der Waals surface area contributed by atoms with Crippen molar-refractivity contribution in [3.8, 4) is 5.69 Å². The fourth-order valence-corrected chi connectivity index (χ4v) is 5.09. The number of aryl methyl sites for hydroxylation is 2. The molecule has 0 bridgehead atoms. The van der Waals surface area contributed by atoms with Gasteiger partial charge in [-0.05, 0) is 62.4 Å². The molecule has 4 rings (SSSR count). The summed E-state index contributed by atoms with van der Waals surface area (Å²) in [7, 11) is -3.66. The number of rotatable bonds is 8. The third-order valence-corrected chi connectivity index (χ3v) is 7.17. The number of furan rings is 1. The van der Waals surface area contributed by atoms with E-state index in [1.54, 1.807) is 0 Å². The zero-order valence-electron chi connectivity index (χ0n) is 17.5. The Kier molecular flexibility index (Phi) is 6.24. The quantitative estimate of drug-likeness (QED) is 0.541. The molecule has 3 heterocycles. The number of nitrogens with zero attached hydrogens (tertiary/aromatic N) is 3. The molecule has 1 amide bonds. The first-order chi connectivity index (χ1) is 14.9. The van der Waals surface area contributed by atoms with Gasteiger partial charge in [0.1, 0.15) is 0 Å². The molecule has 0 aliphatic carbocycles. The van der Waals surface area contributed by atoms with E-state index >= 15 is 0 Å². The summed E-state index contributed by atoms with van der Waals surface area (Å²) in [6.45, 7) is 3.40. The van der Waals surface area contributed by atoms with Crippen LogP contribution in [0, 0.1) is 6.92 Å². The first-order valence-corrected chi connectivity index (χ1v) is 11.9. The fourth-order valence-electron chi connectivity index (χ4n) is 3.66. The molecular formula is C22H26N4O4S. The molecule has 1 fully saturated rings. The number of sulfonamides is 1. The zero-order valence-corrected chi connectivity index (χ0v) is 18.3. The standard InChI is InChI=1S/C22H26N4O4S/c1-17-18(16-26(24-17)19-9-3-2-4-10-19)8-7-13-23-22(27)20-11-12-21(30-20)31(28,29)25-14-5-6-15-25/h2-4,9-12,16H,5-8,13-15H2,1H3,(H,23,27). The molecule has 1 N–H and O–H groups in total. The van der Waals surface area contributed by atoms with Gasteiger partial charge >= 0.3 is 0 Å². The topological polar surface area (TPSA) is 97.4 Å². The highest BCUT2D eigenvalue weighted by Crippen LogP contribution is 2.22. The van der Waals surface area contributed by atoms with E-state index in [2.05, 4.69) is 10.4 Å². The summed E-state index contributed by atoms with van der Waals surface area (Å²) < 4.78 is 33.6. The molecule has 8 nitrogen and oxygen atoms in total. The molecule has 1 saturated heterocycles. The number of benzene rings is 1. The highest BCUT2D eigenvalue weighted by Gasteiger charge is 2.30. The van der Waals surface area contributed by atoms with Gasteiger partial charge in [0.15, 0.2) is 5.76 Å². The number of amides is 1.